The average molecular weight is 311 g/mol. The highest BCUT2D eigenvalue weighted by Crippen LogP contribution is 2.26. The first-order valence-corrected chi connectivity index (χ1v) is 8.00. The van der Waals surface area contributed by atoms with Crippen LogP contribution >= 0.6 is 11.5 Å². The summed E-state index contributed by atoms with van der Waals surface area (Å²) in [7, 11) is 0. The largest absolute Gasteiger partial charge is 0.462 e. The number of hydrogen-bond donors (Lipinski definition) is 1. The number of esters is 1. The van der Waals surface area contributed by atoms with Crippen LogP contribution in [0.2, 0.25) is 0 Å². The number of hydrogen-bond acceptors (Lipinski definition) is 6. The second-order valence-corrected chi connectivity index (χ2v) is 5.86. The third-order valence-electron chi connectivity index (χ3n) is 3.48. The molecule has 0 aromatic carbocycles. The van der Waals surface area contributed by atoms with E-state index in [4.69, 9.17) is 4.74 Å². The summed E-state index contributed by atoms with van der Waals surface area (Å²) in [4.78, 5) is 26.1. The standard InChI is InChI=1S/C14H21N3O3S/c1-4-20-14(19)11-9(2)16-21-12(11)15-10(3)13(18)17-7-5-6-8-17/h10,15H,4-8H2,1-3H3. The van der Waals surface area contributed by atoms with Crippen LogP contribution < -0.4 is 5.32 Å². The lowest BCUT2D eigenvalue weighted by atomic mass is 10.2. The third kappa shape index (κ3) is 3.53. The first-order chi connectivity index (χ1) is 10.0. The molecule has 1 aromatic heterocycles. The van der Waals surface area contributed by atoms with Crippen LogP contribution in [-0.2, 0) is 9.53 Å². The van der Waals surface area contributed by atoms with Gasteiger partial charge in [-0.05, 0) is 45.1 Å². The zero-order valence-electron chi connectivity index (χ0n) is 12.6. The number of carbonyl (C=O) groups is 2. The molecule has 0 saturated carbocycles. The predicted molar refractivity (Wildman–Crippen MR) is 81.7 cm³/mol. The smallest absolute Gasteiger partial charge is 0.343 e. The molecule has 1 fully saturated rings. The van der Waals surface area contributed by atoms with Gasteiger partial charge in [-0.1, -0.05) is 0 Å². The predicted octanol–water partition coefficient (Wildman–Crippen LogP) is 2.05. The van der Waals surface area contributed by atoms with Crippen molar-refractivity contribution in [1.82, 2.24) is 9.27 Å². The van der Waals surface area contributed by atoms with E-state index in [-0.39, 0.29) is 11.9 Å². The van der Waals surface area contributed by atoms with Crippen molar-refractivity contribution in [3.05, 3.63) is 11.3 Å². The quantitative estimate of drug-likeness (QED) is 0.843. The molecular formula is C14H21N3O3S. The Kier molecular flexibility index (Phi) is 5.17. The number of aromatic nitrogens is 1. The minimum atomic E-state index is -0.396. The summed E-state index contributed by atoms with van der Waals surface area (Å²) in [6, 6.07) is -0.379. The number of ether oxygens (including phenoxy) is 1. The maximum absolute atomic E-state index is 12.3. The third-order valence-corrected chi connectivity index (χ3v) is 4.35. The first kappa shape index (κ1) is 15.8. The Balaban J connectivity index is 2.08. The zero-order valence-corrected chi connectivity index (χ0v) is 13.5. The Bertz CT molecular complexity index is 524. The lowest BCUT2D eigenvalue weighted by Gasteiger charge is -2.21. The van der Waals surface area contributed by atoms with Crippen LogP contribution in [0.5, 0.6) is 0 Å². The van der Waals surface area contributed by atoms with Crippen LogP contribution in [0.15, 0.2) is 0 Å². The summed E-state index contributed by atoms with van der Waals surface area (Å²) in [6.45, 7) is 7.29. The number of nitrogens with zero attached hydrogens (tertiary/aromatic N) is 2. The molecule has 1 saturated heterocycles. The molecule has 0 spiro atoms. The lowest BCUT2D eigenvalue weighted by Crippen LogP contribution is -2.39. The molecule has 2 rings (SSSR count). The van der Waals surface area contributed by atoms with Crippen LogP contribution in [0.1, 0.15) is 42.7 Å². The molecule has 1 aromatic rings. The van der Waals surface area contributed by atoms with E-state index in [1.54, 1.807) is 13.8 Å². The van der Waals surface area contributed by atoms with E-state index in [1.807, 2.05) is 11.8 Å². The minimum absolute atomic E-state index is 0.0633. The van der Waals surface area contributed by atoms with Gasteiger partial charge in [0.05, 0.1) is 12.3 Å². The molecule has 1 aliphatic heterocycles. The van der Waals surface area contributed by atoms with Gasteiger partial charge in [0.1, 0.15) is 16.6 Å². The molecule has 1 atom stereocenters. The number of carbonyl (C=O) groups excluding carboxylic acids is 2. The van der Waals surface area contributed by atoms with E-state index in [0.29, 0.717) is 22.9 Å². The van der Waals surface area contributed by atoms with Crippen molar-refractivity contribution in [2.45, 2.75) is 39.7 Å². The first-order valence-electron chi connectivity index (χ1n) is 7.23. The number of nitrogens with one attached hydrogen (secondary N) is 1. The molecule has 21 heavy (non-hydrogen) atoms. The van der Waals surface area contributed by atoms with Gasteiger partial charge in [-0.2, -0.15) is 4.37 Å². The molecular weight excluding hydrogens is 290 g/mol. The normalized spacial score (nSPS) is 15.9. The molecule has 2 heterocycles. The van der Waals surface area contributed by atoms with Crippen LogP contribution in [0.3, 0.4) is 0 Å². The van der Waals surface area contributed by atoms with Crippen molar-refractivity contribution in [2.24, 2.45) is 0 Å². The Hall–Kier alpha value is -1.63. The summed E-state index contributed by atoms with van der Waals surface area (Å²) in [6.07, 6.45) is 2.12. The fraction of sp³-hybridized carbons (Fsp3) is 0.643. The van der Waals surface area contributed by atoms with E-state index >= 15 is 0 Å². The molecule has 116 valence electrons. The number of aryl methyl sites for hydroxylation is 1. The summed E-state index contributed by atoms with van der Waals surface area (Å²) in [5, 5.41) is 3.71. The molecule has 1 N–H and O–H groups in total. The Morgan fingerprint density at radius 2 is 2.10 bits per heavy atom. The van der Waals surface area contributed by atoms with Gasteiger partial charge in [-0.25, -0.2) is 4.79 Å². The summed E-state index contributed by atoms with van der Waals surface area (Å²) < 4.78 is 9.23. The van der Waals surface area contributed by atoms with Gasteiger partial charge in [-0.15, -0.1) is 0 Å². The SMILES string of the molecule is CCOC(=O)c1c(C)nsc1NC(C)C(=O)N1CCCC1. The van der Waals surface area contributed by atoms with E-state index in [0.717, 1.165) is 25.9 Å². The highest BCUT2D eigenvalue weighted by atomic mass is 32.1. The molecule has 1 aliphatic rings. The Morgan fingerprint density at radius 1 is 1.43 bits per heavy atom. The summed E-state index contributed by atoms with van der Waals surface area (Å²) >= 11 is 1.19. The van der Waals surface area contributed by atoms with Crippen molar-refractivity contribution < 1.29 is 14.3 Å². The van der Waals surface area contributed by atoms with Crippen molar-refractivity contribution in [3.63, 3.8) is 0 Å². The van der Waals surface area contributed by atoms with E-state index in [1.165, 1.54) is 11.5 Å². The second-order valence-electron chi connectivity index (χ2n) is 5.09. The zero-order chi connectivity index (χ0) is 15.4. The molecule has 0 aliphatic carbocycles. The monoisotopic (exact) mass is 311 g/mol. The minimum Gasteiger partial charge on any atom is -0.462 e. The highest BCUT2D eigenvalue weighted by Gasteiger charge is 2.26. The van der Waals surface area contributed by atoms with Crippen LogP contribution in [0.4, 0.5) is 5.00 Å². The van der Waals surface area contributed by atoms with Gasteiger partial charge in [0.25, 0.3) is 0 Å². The number of amides is 1. The number of likely N-dealkylation sites (tertiary alicyclic amines) is 1. The fourth-order valence-corrected chi connectivity index (χ4v) is 3.25. The average Bonchev–Trinajstić information content (AvgIpc) is 3.08. The summed E-state index contributed by atoms with van der Waals surface area (Å²) in [5.74, 6) is -0.333. The molecule has 1 amide bonds. The molecule has 0 bridgehead atoms. The molecule has 6 nitrogen and oxygen atoms in total. The van der Waals surface area contributed by atoms with Crippen molar-refractivity contribution >= 4 is 28.4 Å². The van der Waals surface area contributed by atoms with Gasteiger partial charge in [0.15, 0.2) is 0 Å². The van der Waals surface area contributed by atoms with Gasteiger partial charge in [0.2, 0.25) is 5.91 Å². The van der Waals surface area contributed by atoms with E-state index in [9.17, 15) is 9.59 Å². The fourth-order valence-electron chi connectivity index (χ4n) is 2.38. The van der Waals surface area contributed by atoms with Crippen molar-refractivity contribution in [1.29, 1.82) is 0 Å². The van der Waals surface area contributed by atoms with Crippen LogP contribution in [0.25, 0.3) is 0 Å². The maximum Gasteiger partial charge on any atom is 0.343 e. The van der Waals surface area contributed by atoms with E-state index in [2.05, 4.69) is 9.69 Å². The van der Waals surface area contributed by atoms with Crippen molar-refractivity contribution in [3.8, 4) is 0 Å². The summed E-state index contributed by atoms with van der Waals surface area (Å²) in [5.41, 5.74) is 1.06. The van der Waals surface area contributed by atoms with Gasteiger partial charge in [0, 0.05) is 13.1 Å². The number of anilines is 1. The highest BCUT2D eigenvalue weighted by molar-refractivity contribution is 7.10. The van der Waals surface area contributed by atoms with E-state index < -0.39 is 5.97 Å². The maximum atomic E-state index is 12.3. The van der Waals surface area contributed by atoms with Gasteiger partial charge < -0.3 is 15.0 Å². The Morgan fingerprint density at radius 3 is 2.71 bits per heavy atom. The van der Waals surface area contributed by atoms with Gasteiger partial charge >= 0.3 is 5.97 Å². The van der Waals surface area contributed by atoms with Crippen molar-refractivity contribution in [2.75, 3.05) is 25.0 Å². The molecule has 1 unspecified atom stereocenters. The second kappa shape index (κ2) is 6.89. The van der Waals surface area contributed by atoms with Crippen LogP contribution in [0, 0.1) is 6.92 Å². The number of rotatable bonds is 5. The van der Waals surface area contributed by atoms with Crippen LogP contribution in [-0.4, -0.2) is 46.9 Å². The molecule has 0 radical (unpaired) electrons. The lowest BCUT2D eigenvalue weighted by molar-refractivity contribution is -0.130. The Labute approximate surface area is 128 Å². The molecule has 7 heteroatoms. The topological polar surface area (TPSA) is 71.5 Å². The van der Waals surface area contributed by atoms with Gasteiger partial charge in [-0.3, -0.25) is 4.79 Å².